The van der Waals surface area contributed by atoms with E-state index in [9.17, 15) is 0 Å². The molecule has 0 nitrogen and oxygen atoms in total. The maximum Gasteiger partial charge on any atom is 0.116 e. The van der Waals surface area contributed by atoms with Gasteiger partial charge in [-0.05, 0) is 42.0 Å². The molecule has 4 heteroatoms. The van der Waals surface area contributed by atoms with Gasteiger partial charge in [-0.15, -0.1) is 0 Å². The Morgan fingerprint density at radius 2 is 0.655 bits per heavy atom. The molecule has 0 saturated carbocycles. The van der Waals surface area contributed by atoms with E-state index in [4.69, 9.17) is 0 Å². The molecule has 4 aromatic carbocycles. The van der Waals surface area contributed by atoms with Gasteiger partial charge in [0.05, 0.1) is 6.16 Å². The Labute approximate surface area is 170 Å². The van der Waals surface area contributed by atoms with Gasteiger partial charge in [0.15, 0.2) is 0 Å². The highest BCUT2D eigenvalue weighted by Crippen LogP contribution is 2.58. The molecular formula is C25H25F3P+. The minimum atomic E-state index is -1.78. The van der Waals surface area contributed by atoms with Crippen molar-refractivity contribution < 1.29 is 14.1 Å². The van der Waals surface area contributed by atoms with Crippen LogP contribution in [-0.4, -0.2) is 0 Å². The molecule has 0 saturated heterocycles. The molecule has 0 aliphatic carbocycles. The molecule has 0 fully saturated rings. The number of halogens is 3. The first-order valence-corrected chi connectivity index (χ1v) is 11.0. The number of benzene rings is 4. The van der Waals surface area contributed by atoms with Crippen LogP contribution in [0.15, 0.2) is 121 Å². The molecule has 0 aromatic heterocycles. The molecule has 150 valence electrons. The second kappa shape index (κ2) is 11.2. The SMILES string of the molecule is F.F.F.c1ccc(C[P+](c2ccccc2)(c2ccccc2)c2ccccc2)cc1. The minimum Gasteiger partial charge on any atom is -0.269 e. The molecule has 4 rings (SSSR count). The largest absolute Gasteiger partial charge is 0.269 e. The van der Waals surface area contributed by atoms with Gasteiger partial charge in [-0.1, -0.05) is 84.9 Å². The van der Waals surface area contributed by atoms with Crippen LogP contribution in [0.3, 0.4) is 0 Å². The van der Waals surface area contributed by atoms with E-state index >= 15 is 0 Å². The normalized spacial score (nSPS) is 10.1. The van der Waals surface area contributed by atoms with Gasteiger partial charge in [0.2, 0.25) is 0 Å². The summed E-state index contributed by atoms with van der Waals surface area (Å²) in [5.41, 5.74) is 1.39. The molecule has 0 aliphatic heterocycles. The van der Waals surface area contributed by atoms with Gasteiger partial charge >= 0.3 is 0 Å². The molecule has 0 bridgehead atoms. The first kappa shape index (κ1) is 24.1. The van der Waals surface area contributed by atoms with Crippen molar-refractivity contribution >= 4 is 23.2 Å². The van der Waals surface area contributed by atoms with Crippen LogP contribution in [0.2, 0.25) is 0 Å². The van der Waals surface area contributed by atoms with Crippen LogP contribution in [0.1, 0.15) is 5.56 Å². The lowest BCUT2D eigenvalue weighted by Gasteiger charge is -2.27. The summed E-state index contributed by atoms with van der Waals surface area (Å²) in [5, 5.41) is 4.30. The first-order chi connectivity index (χ1) is 12.9. The van der Waals surface area contributed by atoms with E-state index in [1.807, 2.05) is 0 Å². The zero-order valence-electron chi connectivity index (χ0n) is 15.9. The van der Waals surface area contributed by atoms with Gasteiger partial charge < -0.3 is 0 Å². The maximum absolute atomic E-state index is 2.30. The zero-order valence-corrected chi connectivity index (χ0v) is 16.8. The Bertz CT molecular complexity index is 850. The van der Waals surface area contributed by atoms with Crippen LogP contribution in [0.5, 0.6) is 0 Å². The van der Waals surface area contributed by atoms with Crippen molar-refractivity contribution in [2.75, 3.05) is 0 Å². The van der Waals surface area contributed by atoms with Crippen LogP contribution >= 0.6 is 7.26 Å². The van der Waals surface area contributed by atoms with Gasteiger partial charge in [-0.2, -0.15) is 0 Å². The summed E-state index contributed by atoms with van der Waals surface area (Å²) in [5.74, 6) is 0. The monoisotopic (exact) mass is 413 g/mol. The van der Waals surface area contributed by atoms with Crippen LogP contribution in [-0.2, 0) is 6.16 Å². The van der Waals surface area contributed by atoms with Crippen LogP contribution in [0, 0.1) is 0 Å². The Hall–Kier alpha value is -2.90. The highest BCUT2D eigenvalue weighted by Gasteiger charge is 2.45. The van der Waals surface area contributed by atoms with E-state index in [0.717, 1.165) is 6.16 Å². The topological polar surface area (TPSA) is 0 Å². The molecule has 4 aromatic rings. The van der Waals surface area contributed by atoms with Crippen LogP contribution in [0.4, 0.5) is 14.1 Å². The van der Waals surface area contributed by atoms with E-state index < -0.39 is 7.26 Å². The van der Waals surface area contributed by atoms with Crippen molar-refractivity contribution in [2.45, 2.75) is 6.16 Å². The Morgan fingerprint density at radius 3 is 0.966 bits per heavy atom. The Kier molecular flexibility index (Phi) is 9.31. The molecule has 0 N–H and O–H groups in total. The van der Waals surface area contributed by atoms with Crippen molar-refractivity contribution in [3.8, 4) is 0 Å². The standard InChI is InChI=1S/C25H22P.3FH/c1-5-13-22(14-6-1)21-26(23-15-7-2-8-16-23,24-17-9-3-10-18-24)25-19-11-4-12-20-25;;;/h1-20H,21H2;3*1H/q+1;;;. The Morgan fingerprint density at radius 1 is 0.379 bits per heavy atom. The van der Waals surface area contributed by atoms with Crippen LogP contribution < -0.4 is 15.9 Å². The van der Waals surface area contributed by atoms with Gasteiger partial charge in [0.1, 0.15) is 23.2 Å². The Balaban J connectivity index is 0.00000140. The van der Waals surface area contributed by atoms with Crippen molar-refractivity contribution in [3.63, 3.8) is 0 Å². The molecule has 0 spiro atoms. The third-order valence-electron chi connectivity index (χ3n) is 4.85. The lowest BCUT2D eigenvalue weighted by atomic mass is 10.2. The van der Waals surface area contributed by atoms with Crippen molar-refractivity contribution in [3.05, 3.63) is 127 Å². The molecule has 0 atom stereocenters. The summed E-state index contributed by atoms with van der Waals surface area (Å²) in [6.07, 6.45) is 1.03. The molecule has 0 amide bonds. The average Bonchev–Trinajstić information content (AvgIpc) is 2.75. The molecule has 0 unspecified atom stereocenters. The predicted octanol–water partition coefficient (Wildman–Crippen LogP) is 5.64. The average molecular weight is 413 g/mol. The maximum atomic E-state index is 2.30. The van der Waals surface area contributed by atoms with Crippen molar-refractivity contribution in [1.82, 2.24) is 0 Å². The number of rotatable bonds is 5. The first-order valence-electron chi connectivity index (χ1n) is 8.98. The second-order valence-electron chi connectivity index (χ2n) is 6.46. The van der Waals surface area contributed by atoms with E-state index in [0.29, 0.717) is 0 Å². The van der Waals surface area contributed by atoms with Crippen molar-refractivity contribution in [1.29, 1.82) is 0 Å². The summed E-state index contributed by atoms with van der Waals surface area (Å²) in [4.78, 5) is 0. The zero-order chi connectivity index (χ0) is 17.7. The van der Waals surface area contributed by atoms with Gasteiger partial charge in [-0.25, -0.2) is 0 Å². The third-order valence-corrected chi connectivity index (χ3v) is 9.23. The quantitative estimate of drug-likeness (QED) is 0.372. The smallest absolute Gasteiger partial charge is 0.116 e. The second-order valence-corrected chi connectivity index (χ2v) is 9.95. The summed E-state index contributed by atoms with van der Waals surface area (Å²) >= 11 is 0. The van der Waals surface area contributed by atoms with Gasteiger partial charge in [-0.3, -0.25) is 14.1 Å². The lowest BCUT2D eigenvalue weighted by molar-refractivity contribution is 1.11. The summed E-state index contributed by atoms with van der Waals surface area (Å²) in [6.45, 7) is 0. The molecule has 0 aliphatic rings. The minimum absolute atomic E-state index is 0. The highest BCUT2D eigenvalue weighted by atomic mass is 31.2. The molecule has 0 radical (unpaired) electrons. The summed E-state index contributed by atoms with van der Waals surface area (Å²) < 4.78 is 0. The third kappa shape index (κ3) is 4.93. The van der Waals surface area contributed by atoms with E-state index in [-0.39, 0.29) is 14.1 Å². The molecule has 0 heterocycles. The van der Waals surface area contributed by atoms with E-state index in [1.165, 1.54) is 21.5 Å². The predicted molar refractivity (Wildman–Crippen MR) is 123 cm³/mol. The van der Waals surface area contributed by atoms with Crippen LogP contribution in [0.25, 0.3) is 0 Å². The van der Waals surface area contributed by atoms with Crippen molar-refractivity contribution in [2.24, 2.45) is 0 Å². The number of hydrogen-bond donors (Lipinski definition) is 0. The van der Waals surface area contributed by atoms with Gasteiger partial charge in [0.25, 0.3) is 0 Å². The summed E-state index contributed by atoms with van der Waals surface area (Å²) in [7, 11) is -1.78. The van der Waals surface area contributed by atoms with E-state index in [2.05, 4.69) is 121 Å². The number of hydrogen-bond acceptors (Lipinski definition) is 0. The summed E-state index contributed by atoms with van der Waals surface area (Å²) in [6, 6.07) is 44.0. The fraction of sp³-hybridized carbons (Fsp3) is 0.0400. The fourth-order valence-electron chi connectivity index (χ4n) is 3.63. The highest BCUT2D eigenvalue weighted by molar-refractivity contribution is 7.95. The molecule has 29 heavy (non-hydrogen) atoms. The molecular weight excluding hydrogens is 388 g/mol. The lowest BCUT2D eigenvalue weighted by Crippen LogP contribution is -2.32. The fourth-order valence-corrected chi connectivity index (χ4v) is 7.87. The van der Waals surface area contributed by atoms with Gasteiger partial charge in [0, 0.05) is 0 Å². The van der Waals surface area contributed by atoms with E-state index in [1.54, 1.807) is 0 Å².